The second-order valence-corrected chi connectivity index (χ2v) is 4.03. The van der Waals surface area contributed by atoms with Crippen LogP contribution in [0.1, 0.15) is 27.2 Å². The van der Waals surface area contributed by atoms with E-state index in [2.05, 4.69) is 0 Å². The fourth-order valence-corrected chi connectivity index (χ4v) is 0.695. The van der Waals surface area contributed by atoms with Crippen LogP contribution >= 0.6 is 0 Å². The third-order valence-electron chi connectivity index (χ3n) is 1.39. The first-order valence-corrected chi connectivity index (χ1v) is 3.80. The van der Waals surface area contributed by atoms with Crippen LogP contribution in [0.5, 0.6) is 0 Å². The highest BCUT2D eigenvalue weighted by molar-refractivity contribution is 5.93. The maximum atomic E-state index is 11.2. The van der Waals surface area contributed by atoms with E-state index in [9.17, 15) is 9.59 Å². The van der Waals surface area contributed by atoms with E-state index in [1.54, 1.807) is 0 Å². The van der Waals surface area contributed by atoms with Crippen LogP contribution in [0.2, 0.25) is 0 Å². The number of urea groups is 1. The predicted molar refractivity (Wildman–Crippen MR) is 46.4 cm³/mol. The minimum Gasteiger partial charge on any atom is -0.351 e. The summed E-state index contributed by atoms with van der Waals surface area (Å²) in [4.78, 5) is 22.7. The molecule has 4 nitrogen and oxygen atoms in total. The van der Waals surface area contributed by atoms with E-state index in [1.165, 1.54) is 7.05 Å². The first-order chi connectivity index (χ1) is 5.24. The lowest BCUT2D eigenvalue weighted by atomic mass is 9.92. The maximum Gasteiger partial charge on any atom is 0.321 e. The molecular weight excluding hydrogens is 156 g/mol. The zero-order valence-corrected chi connectivity index (χ0v) is 8.05. The van der Waals surface area contributed by atoms with Crippen LogP contribution in [0.3, 0.4) is 0 Å². The van der Waals surface area contributed by atoms with Crippen LogP contribution < -0.4 is 5.73 Å². The Morgan fingerprint density at radius 1 is 1.33 bits per heavy atom. The predicted octanol–water partition coefficient (Wildman–Crippen LogP) is 0.960. The Morgan fingerprint density at radius 3 is 2.00 bits per heavy atom. The molecule has 0 radical (unpaired) electrons. The van der Waals surface area contributed by atoms with Gasteiger partial charge in [0.25, 0.3) is 0 Å². The molecule has 0 aromatic rings. The minimum atomic E-state index is -0.704. The van der Waals surface area contributed by atoms with Gasteiger partial charge in [0.2, 0.25) is 5.91 Å². The lowest BCUT2D eigenvalue weighted by Crippen LogP contribution is -2.38. The lowest BCUT2D eigenvalue weighted by molar-refractivity contribution is -0.128. The fourth-order valence-electron chi connectivity index (χ4n) is 0.695. The van der Waals surface area contributed by atoms with Crippen molar-refractivity contribution in [2.75, 3.05) is 7.05 Å². The van der Waals surface area contributed by atoms with Crippen molar-refractivity contribution in [3.05, 3.63) is 0 Å². The molecule has 0 aliphatic rings. The average Bonchev–Trinajstić information content (AvgIpc) is 1.82. The normalized spacial score (nSPS) is 11.0. The van der Waals surface area contributed by atoms with Crippen molar-refractivity contribution in [2.24, 2.45) is 11.1 Å². The van der Waals surface area contributed by atoms with Crippen molar-refractivity contribution in [1.29, 1.82) is 0 Å². The van der Waals surface area contributed by atoms with Gasteiger partial charge in [-0.25, -0.2) is 4.79 Å². The minimum absolute atomic E-state index is 0.110. The summed E-state index contributed by atoms with van der Waals surface area (Å²) in [5, 5.41) is 0. The Hall–Kier alpha value is -1.06. The largest absolute Gasteiger partial charge is 0.351 e. The number of carbonyl (C=O) groups excluding carboxylic acids is 2. The second kappa shape index (κ2) is 3.56. The topological polar surface area (TPSA) is 63.4 Å². The van der Waals surface area contributed by atoms with Gasteiger partial charge in [-0.05, 0) is 5.41 Å². The summed E-state index contributed by atoms with van der Waals surface area (Å²) in [6.45, 7) is 5.79. The smallest absolute Gasteiger partial charge is 0.321 e. The summed E-state index contributed by atoms with van der Waals surface area (Å²) in [5.74, 6) is -0.241. The van der Waals surface area contributed by atoms with Gasteiger partial charge in [-0.1, -0.05) is 20.8 Å². The van der Waals surface area contributed by atoms with Gasteiger partial charge in [-0.3, -0.25) is 9.69 Å². The molecule has 0 aromatic heterocycles. The van der Waals surface area contributed by atoms with Crippen molar-refractivity contribution in [3.63, 3.8) is 0 Å². The number of carbonyl (C=O) groups is 2. The molecular formula is C8H16N2O2. The number of hydrogen-bond donors (Lipinski definition) is 1. The van der Waals surface area contributed by atoms with Crippen molar-refractivity contribution in [3.8, 4) is 0 Å². The number of primary amides is 1. The van der Waals surface area contributed by atoms with Crippen molar-refractivity contribution in [2.45, 2.75) is 27.2 Å². The lowest BCUT2D eigenvalue weighted by Gasteiger charge is -2.20. The van der Waals surface area contributed by atoms with Gasteiger partial charge < -0.3 is 5.73 Å². The highest BCUT2D eigenvalue weighted by Gasteiger charge is 2.20. The molecule has 3 amide bonds. The van der Waals surface area contributed by atoms with Crippen LogP contribution in [-0.2, 0) is 4.79 Å². The molecule has 4 heteroatoms. The molecule has 70 valence electrons. The van der Waals surface area contributed by atoms with E-state index in [4.69, 9.17) is 5.73 Å². The van der Waals surface area contributed by atoms with E-state index < -0.39 is 6.03 Å². The molecule has 12 heavy (non-hydrogen) atoms. The molecule has 2 N–H and O–H groups in total. The summed E-state index contributed by atoms with van der Waals surface area (Å²) >= 11 is 0. The molecule has 0 saturated heterocycles. The van der Waals surface area contributed by atoms with E-state index in [-0.39, 0.29) is 11.3 Å². The molecule has 0 unspecified atom stereocenters. The first kappa shape index (κ1) is 10.9. The van der Waals surface area contributed by atoms with Gasteiger partial charge >= 0.3 is 6.03 Å². The van der Waals surface area contributed by atoms with Gasteiger partial charge in [-0.2, -0.15) is 0 Å². The molecule has 0 atom stereocenters. The quantitative estimate of drug-likeness (QED) is 0.640. The van der Waals surface area contributed by atoms with Crippen LogP contribution in [-0.4, -0.2) is 23.9 Å². The number of hydrogen-bond acceptors (Lipinski definition) is 2. The molecule has 0 fully saturated rings. The molecule has 0 aliphatic carbocycles. The van der Waals surface area contributed by atoms with Gasteiger partial charge in [0, 0.05) is 13.5 Å². The first-order valence-electron chi connectivity index (χ1n) is 3.80. The molecule has 0 rings (SSSR count). The van der Waals surface area contributed by atoms with Gasteiger partial charge in [0.15, 0.2) is 0 Å². The fraction of sp³-hybridized carbons (Fsp3) is 0.750. The van der Waals surface area contributed by atoms with Gasteiger partial charge in [0.05, 0.1) is 0 Å². The van der Waals surface area contributed by atoms with Crippen LogP contribution in [0, 0.1) is 5.41 Å². The zero-order chi connectivity index (χ0) is 9.94. The summed E-state index contributed by atoms with van der Waals surface area (Å²) in [5.41, 5.74) is 4.81. The zero-order valence-electron chi connectivity index (χ0n) is 8.05. The summed E-state index contributed by atoms with van der Waals surface area (Å²) in [6, 6.07) is -0.704. The summed E-state index contributed by atoms with van der Waals surface area (Å²) in [6.07, 6.45) is 0.326. The monoisotopic (exact) mass is 172 g/mol. The van der Waals surface area contributed by atoms with Crippen molar-refractivity contribution in [1.82, 2.24) is 4.90 Å². The number of nitrogens with two attached hydrogens (primary N) is 1. The molecule has 0 aliphatic heterocycles. The van der Waals surface area contributed by atoms with E-state index in [0.29, 0.717) is 6.42 Å². The Bertz CT molecular complexity index is 194. The highest BCUT2D eigenvalue weighted by atomic mass is 16.2. The van der Waals surface area contributed by atoms with Crippen molar-refractivity contribution >= 4 is 11.9 Å². The van der Waals surface area contributed by atoms with Gasteiger partial charge in [-0.15, -0.1) is 0 Å². The molecule has 0 spiro atoms. The van der Waals surface area contributed by atoms with Crippen molar-refractivity contribution < 1.29 is 9.59 Å². The van der Waals surface area contributed by atoms with Crippen LogP contribution in [0.25, 0.3) is 0 Å². The second-order valence-electron chi connectivity index (χ2n) is 4.03. The average molecular weight is 172 g/mol. The molecule has 0 bridgehead atoms. The summed E-state index contributed by atoms with van der Waals surface area (Å²) < 4.78 is 0. The van der Waals surface area contributed by atoms with E-state index >= 15 is 0 Å². The number of amides is 3. The van der Waals surface area contributed by atoms with Gasteiger partial charge in [0.1, 0.15) is 0 Å². The maximum absolute atomic E-state index is 11.2. The van der Waals surface area contributed by atoms with E-state index in [0.717, 1.165) is 4.90 Å². The Labute approximate surface area is 72.7 Å². The number of nitrogens with zero attached hydrogens (tertiary/aromatic N) is 1. The molecule has 0 saturated carbocycles. The summed E-state index contributed by atoms with van der Waals surface area (Å²) in [7, 11) is 1.39. The van der Waals surface area contributed by atoms with Crippen LogP contribution in [0.15, 0.2) is 0 Å². The Kier molecular flexibility index (Phi) is 3.24. The number of rotatable bonds is 1. The molecule has 0 aromatic carbocycles. The Balaban J connectivity index is 4.15. The number of imide groups is 1. The third-order valence-corrected chi connectivity index (χ3v) is 1.39. The molecule has 0 heterocycles. The van der Waals surface area contributed by atoms with E-state index in [1.807, 2.05) is 20.8 Å². The third kappa shape index (κ3) is 3.95. The Morgan fingerprint density at radius 2 is 1.75 bits per heavy atom. The van der Waals surface area contributed by atoms with Crippen LogP contribution in [0.4, 0.5) is 4.79 Å². The SMILES string of the molecule is CN(C(N)=O)C(=O)CC(C)(C)C. The standard InChI is InChI=1S/C8H16N2O2/c1-8(2,3)5-6(11)10(4)7(9)12/h5H2,1-4H3,(H2,9,12). The highest BCUT2D eigenvalue weighted by Crippen LogP contribution is 2.19.